The largest absolute Gasteiger partial charge is 0.496 e. The van der Waals surface area contributed by atoms with Crippen molar-refractivity contribution < 1.29 is 9.53 Å². The lowest BCUT2D eigenvalue weighted by Gasteiger charge is -2.07. The summed E-state index contributed by atoms with van der Waals surface area (Å²) in [6, 6.07) is 7.39. The Morgan fingerprint density at radius 1 is 1.28 bits per heavy atom. The molecule has 0 amide bonds. The number of benzene rings is 1. The third-order valence-corrected chi connectivity index (χ3v) is 3.38. The molecule has 0 atom stereocenters. The molecule has 0 saturated heterocycles. The van der Waals surface area contributed by atoms with Gasteiger partial charge in [0.15, 0.2) is 5.78 Å². The van der Waals surface area contributed by atoms with E-state index in [1.165, 1.54) is 16.7 Å². The van der Waals surface area contributed by atoms with E-state index in [4.69, 9.17) is 4.74 Å². The maximum Gasteiger partial charge on any atom is 0.170 e. The Bertz CT molecular complexity index is 536. The predicted octanol–water partition coefficient (Wildman–Crippen LogP) is 3.93. The third-order valence-electron chi connectivity index (χ3n) is 3.38. The molecule has 2 rings (SSSR count). The summed E-state index contributed by atoms with van der Waals surface area (Å²) in [5, 5.41) is 0. The van der Waals surface area contributed by atoms with E-state index < -0.39 is 0 Å². The molecule has 0 spiro atoms. The molecule has 18 heavy (non-hydrogen) atoms. The van der Waals surface area contributed by atoms with Crippen LogP contribution in [0.15, 0.2) is 47.1 Å². The summed E-state index contributed by atoms with van der Waals surface area (Å²) >= 11 is 0. The predicted molar refractivity (Wildman–Crippen MR) is 73.0 cm³/mol. The zero-order valence-electron chi connectivity index (χ0n) is 11.1. The standard InChI is InChI=1S/C16H18O2/c1-11-8-13(9-12(11)2)10-15(17)14-6-4-5-7-16(14)18-3/h4-8H,9-10H2,1-3H3. The third kappa shape index (κ3) is 2.53. The van der Waals surface area contributed by atoms with Crippen LogP contribution in [0.25, 0.3) is 0 Å². The van der Waals surface area contributed by atoms with Crippen molar-refractivity contribution in [3.63, 3.8) is 0 Å². The van der Waals surface area contributed by atoms with E-state index >= 15 is 0 Å². The van der Waals surface area contributed by atoms with Crippen LogP contribution in [0, 0.1) is 0 Å². The molecular formula is C16H18O2. The molecule has 94 valence electrons. The van der Waals surface area contributed by atoms with Crippen LogP contribution in [0.5, 0.6) is 5.75 Å². The van der Waals surface area contributed by atoms with Crippen LogP contribution >= 0.6 is 0 Å². The van der Waals surface area contributed by atoms with Gasteiger partial charge in [-0.05, 0) is 32.4 Å². The smallest absolute Gasteiger partial charge is 0.170 e. The second kappa shape index (κ2) is 5.21. The fourth-order valence-electron chi connectivity index (χ4n) is 2.25. The number of para-hydroxylation sites is 1. The molecule has 2 heteroatoms. The number of Topliss-reactive ketones (excluding diaryl/α,β-unsaturated/α-hetero) is 1. The summed E-state index contributed by atoms with van der Waals surface area (Å²) < 4.78 is 5.22. The monoisotopic (exact) mass is 242 g/mol. The molecule has 1 aliphatic rings. The van der Waals surface area contributed by atoms with Gasteiger partial charge in [0.1, 0.15) is 5.75 Å². The Morgan fingerprint density at radius 3 is 2.61 bits per heavy atom. The van der Waals surface area contributed by atoms with E-state index in [2.05, 4.69) is 19.9 Å². The number of carbonyl (C=O) groups excluding carboxylic acids is 1. The van der Waals surface area contributed by atoms with Crippen LogP contribution in [0.2, 0.25) is 0 Å². The van der Waals surface area contributed by atoms with Crippen molar-refractivity contribution in [1.29, 1.82) is 0 Å². The van der Waals surface area contributed by atoms with Crippen molar-refractivity contribution in [1.82, 2.24) is 0 Å². The highest BCUT2D eigenvalue weighted by molar-refractivity contribution is 6.00. The maximum absolute atomic E-state index is 12.3. The molecule has 1 aliphatic carbocycles. The van der Waals surface area contributed by atoms with Gasteiger partial charge in [0.25, 0.3) is 0 Å². The van der Waals surface area contributed by atoms with Crippen LogP contribution in [0.4, 0.5) is 0 Å². The number of methoxy groups -OCH3 is 1. The second-order valence-electron chi connectivity index (χ2n) is 4.74. The van der Waals surface area contributed by atoms with Crippen molar-refractivity contribution in [3.05, 3.63) is 52.6 Å². The minimum atomic E-state index is 0.126. The lowest BCUT2D eigenvalue weighted by molar-refractivity contribution is 0.0989. The number of rotatable bonds is 4. The Hall–Kier alpha value is -1.83. The molecule has 0 fully saturated rings. The normalized spacial score (nSPS) is 14.7. The molecule has 0 aliphatic heterocycles. The van der Waals surface area contributed by atoms with Crippen molar-refractivity contribution in [2.75, 3.05) is 7.11 Å². The topological polar surface area (TPSA) is 26.3 Å². The van der Waals surface area contributed by atoms with Crippen molar-refractivity contribution >= 4 is 5.78 Å². The quantitative estimate of drug-likeness (QED) is 0.748. The average Bonchev–Trinajstić information content (AvgIpc) is 2.68. The van der Waals surface area contributed by atoms with Crippen LogP contribution in [-0.2, 0) is 0 Å². The van der Waals surface area contributed by atoms with Gasteiger partial charge in [-0.15, -0.1) is 0 Å². The van der Waals surface area contributed by atoms with Crippen molar-refractivity contribution in [2.45, 2.75) is 26.7 Å². The Balaban J connectivity index is 2.12. The fourth-order valence-corrected chi connectivity index (χ4v) is 2.25. The highest BCUT2D eigenvalue weighted by Crippen LogP contribution is 2.29. The zero-order valence-corrected chi connectivity index (χ0v) is 11.1. The van der Waals surface area contributed by atoms with Crippen LogP contribution in [0.1, 0.15) is 37.0 Å². The van der Waals surface area contributed by atoms with E-state index in [0.29, 0.717) is 17.7 Å². The number of hydrogen-bond acceptors (Lipinski definition) is 2. The Labute approximate surface area is 108 Å². The first kappa shape index (κ1) is 12.6. The first-order chi connectivity index (χ1) is 8.61. The van der Waals surface area contributed by atoms with Crippen LogP contribution < -0.4 is 4.74 Å². The van der Waals surface area contributed by atoms with Gasteiger partial charge in [-0.3, -0.25) is 4.79 Å². The van der Waals surface area contributed by atoms with Gasteiger partial charge in [-0.25, -0.2) is 0 Å². The highest BCUT2D eigenvalue weighted by Gasteiger charge is 2.16. The van der Waals surface area contributed by atoms with Crippen LogP contribution in [-0.4, -0.2) is 12.9 Å². The summed E-state index contributed by atoms with van der Waals surface area (Å²) in [6.07, 6.45) is 3.53. The number of carbonyl (C=O) groups is 1. The molecule has 0 bridgehead atoms. The average molecular weight is 242 g/mol. The molecule has 1 aromatic carbocycles. The van der Waals surface area contributed by atoms with Crippen molar-refractivity contribution in [3.8, 4) is 5.75 Å². The molecule has 2 nitrogen and oxygen atoms in total. The summed E-state index contributed by atoms with van der Waals surface area (Å²) in [5.41, 5.74) is 4.51. The van der Waals surface area contributed by atoms with Gasteiger partial charge in [0, 0.05) is 6.42 Å². The molecule has 0 radical (unpaired) electrons. The van der Waals surface area contributed by atoms with E-state index in [-0.39, 0.29) is 5.78 Å². The van der Waals surface area contributed by atoms with Gasteiger partial charge in [0.05, 0.1) is 12.7 Å². The fraction of sp³-hybridized carbons (Fsp3) is 0.312. The molecule has 1 aromatic rings. The SMILES string of the molecule is COc1ccccc1C(=O)CC1=CC(C)=C(C)C1. The first-order valence-corrected chi connectivity index (χ1v) is 6.14. The highest BCUT2D eigenvalue weighted by atomic mass is 16.5. The molecule has 0 unspecified atom stereocenters. The summed E-state index contributed by atoms with van der Waals surface area (Å²) in [6.45, 7) is 4.21. The van der Waals surface area contributed by atoms with Gasteiger partial charge >= 0.3 is 0 Å². The molecule has 0 aromatic heterocycles. The molecule has 0 saturated carbocycles. The number of ether oxygens (including phenoxy) is 1. The maximum atomic E-state index is 12.3. The van der Waals surface area contributed by atoms with Gasteiger partial charge in [-0.1, -0.05) is 34.9 Å². The number of hydrogen-bond donors (Lipinski definition) is 0. The van der Waals surface area contributed by atoms with E-state index in [0.717, 1.165) is 6.42 Å². The Morgan fingerprint density at radius 2 is 2.00 bits per heavy atom. The second-order valence-corrected chi connectivity index (χ2v) is 4.74. The molecule has 0 N–H and O–H groups in total. The Kier molecular flexibility index (Phi) is 3.66. The summed E-state index contributed by atoms with van der Waals surface area (Å²) in [5.74, 6) is 0.781. The lowest BCUT2D eigenvalue weighted by atomic mass is 10.0. The summed E-state index contributed by atoms with van der Waals surface area (Å²) in [7, 11) is 1.59. The van der Waals surface area contributed by atoms with Gasteiger partial charge in [0.2, 0.25) is 0 Å². The van der Waals surface area contributed by atoms with E-state index in [9.17, 15) is 4.79 Å². The first-order valence-electron chi connectivity index (χ1n) is 6.14. The van der Waals surface area contributed by atoms with Gasteiger partial charge in [-0.2, -0.15) is 0 Å². The summed E-state index contributed by atoms with van der Waals surface area (Å²) in [4.78, 5) is 12.3. The minimum Gasteiger partial charge on any atom is -0.496 e. The van der Waals surface area contributed by atoms with Gasteiger partial charge < -0.3 is 4.74 Å². The zero-order chi connectivity index (χ0) is 13.1. The lowest BCUT2D eigenvalue weighted by Crippen LogP contribution is -2.03. The van der Waals surface area contributed by atoms with Crippen LogP contribution in [0.3, 0.4) is 0 Å². The van der Waals surface area contributed by atoms with Crippen molar-refractivity contribution in [2.24, 2.45) is 0 Å². The molecule has 0 heterocycles. The minimum absolute atomic E-state index is 0.126. The van der Waals surface area contributed by atoms with E-state index in [1.54, 1.807) is 7.11 Å². The number of allylic oxidation sites excluding steroid dienone is 4. The number of ketones is 1. The molecular weight excluding hydrogens is 224 g/mol. The van der Waals surface area contributed by atoms with E-state index in [1.807, 2.05) is 24.3 Å².